The van der Waals surface area contributed by atoms with E-state index in [9.17, 15) is 14.7 Å². The summed E-state index contributed by atoms with van der Waals surface area (Å²) in [5, 5.41) is 21.1. The first-order valence-corrected chi connectivity index (χ1v) is 12.0. The normalized spacial score (nSPS) is 10.7. The standard InChI is InChI=1S/C25H41NO5/c1-2-3-4-5-6-7-8-9-10-11-12-13-14-15-16-20-31-25(30)26-21-18-17-19-22(27)23(21)24(28)29/h17-19,27H,2-16,20H2,1H3,(H,26,30)(H,28,29). The van der Waals surface area contributed by atoms with E-state index in [1.165, 1.54) is 95.2 Å². The first-order chi connectivity index (χ1) is 15.1. The van der Waals surface area contributed by atoms with Crippen molar-refractivity contribution in [2.75, 3.05) is 11.9 Å². The Labute approximate surface area is 187 Å². The molecule has 0 aromatic heterocycles. The minimum absolute atomic E-state index is 0.0222. The number of carboxylic acids is 1. The third-order valence-electron chi connectivity index (χ3n) is 5.47. The van der Waals surface area contributed by atoms with Gasteiger partial charge in [-0.25, -0.2) is 9.59 Å². The molecule has 1 amide bonds. The second-order valence-corrected chi connectivity index (χ2v) is 8.22. The van der Waals surface area contributed by atoms with Gasteiger partial charge in [-0.05, 0) is 18.6 Å². The van der Waals surface area contributed by atoms with Crippen molar-refractivity contribution in [2.24, 2.45) is 0 Å². The fraction of sp³-hybridized carbons (Fsp3) is 0.680. The zero-order chi connectivity index (χ0) is 22.7. The van der Waals surface area contributed by atoms with Crippen LogP contribution in [0.15, 0.2) is 18.2 Å². The third kappa shape index (κ3) is 12.9. The largest absolute Gasteiger partial charge is 0.507 e. The summed E-state index contributed by atoms with van der Waals surface area (Å²) in [6.07, 6.45) is 18.4. The SMILES string of the molecule is CCCCCCCCCCCCCCCCCOC(=O)Nc1cccc(O)c1C(=O)O. The molecule has 0 bridgehead atoms. The van der Waals surface area contributed by atoms with Gasteiger partial charge in [0.25, 0.3) is 0 Å². The summed E-state index contributed by atoms with van der Waals surface area (Å²) in [5.41, 5.74) is -0.319. The lowest BCUT2D eigenvalue weighted by Gasteiger charge is -2.10. The fourth-order valence-corrected chi connectivity index (χ4v) is 3.65. The summed E-state index contributed by atoms with van der Waals surface area (Å²) in [7, 11) is 0. The van der Waals surface area contributed by atoms with Crippen molar-refractivity contribution in [3.8, 4) is 5.75 Å². The van der Waals surface area contributed by atoms with Crippen LogP contribution in [0.2, 0.25) is 0 Å². The first-order valence-electron chi connectivity index (χ1n) is 12.0. The summed E-state index contributed by atoms with van der Waals surface area (Å²) in [6, 6.07) is 4.14. The van der Waals surface area contributed by atoms with E-state index >= 15 is 0 Å². The van der Waals surface area contributed by atoms with Gasteiger partial charge in [0.1, 0.15) is 11.3 Å². The van der Waals surface area contributed by atoms with Gasteiger partial charge in [0, 0.05) is 0 Å². The molecule has 0 aliphatic rings. The number of anilines is 1. The lowest BCUT2D eigenvalue weighted by Crippen LogP contribution is -2.16. The molecule has 1 aromatic carbocycles. The second-order valence-electron chi connectivity index (χ2n) is 8.22. The fourth-order valence-electron chi connectivity index (χ4n) is 3.65. The van der Waals surface area contributed by atoms with Crippen molar-refractivity contribution < 1.29 is 24.5 Å². The lowest BCUT2D eigenvalue weighted by atomic mass is 10.0. The molecule has 0 saturated carbocycles. The molecule has 1 aromatic rings. The molecule has 6 nitrogen and oxygen atoms in total. The molecule has 0 atom stereocenters. The summed E-state index contributed by atoms with van der Waals surface area (Å²) in [4.78, 5) is 23.0. The van der Waals surface area contributed by atoms with Crippen LogP contribution < -0.4 is 5.32 Å². The monoisotopic (exact) mass is 435 g/mol. The molecular formula is C25H41NO5. The maximum atomic E-state index is 11.8. The van der Waals surface area contributed by atoms with Gasteiger partial charge < -0.3 is 14.9 Å². The highest BCUT2D eigenvalue weighted by Crippen LogP contribution is 2.25. The van der Waals surface area contributed by atoms with Crippen molar-refractivity contribution in [2.45, 2.75) is 103 Å². The number of phenols is 1. The van der Waals surface area contributed by atoms with Crippen LogP contribution in [-0.2, 0) is 4.74 Å². The Balaban J connectivity index is 1.95. The van der Waals surface area contributed by atoms with Crippen molar-refractivity contribution in [3.05, 3.63) is 23.8 Å². The third-order valence-corrected chi connectivity index (χ3v) is 5.47. The van der Waals surface area contributed by atoms with Gasteiger partial charge in [-0.3, -0.25) is 5.32 Å². The van der Waals surface area contributed by atoms with Crippen LogP contribution in [0, 0.1) is 0 Å². The number of nitrogens with one attached hydrogen (secondary N) is 1. The Morgan fingerprint density at radius 2 is 1.29 bits per heavy atom. The summed E-state index contributed by atoms with van der Waals surface area (Å²) < 4.78 is 5.11. The predicted molar refractivity (Wildman–Crippen MR) is 125 cm³/mol. The molecule has 31 heavy (non-hydrogen) atoms. The molecule has 0 saturated heterocycles. The van der Waals surface area contributed by atoms with Gasteiger partial charge in [-0.2, -0.15) is 0 Å². The highest BCUT2D eigenvalue weighted by atomic mass is 16.5. The molecule has 0 radical (unpaired) electrons. The molecule has 176 valence electrons. The minimum Gasteiger partial charge on any atom is -0.507 e. The number of carboxylic acid groups (broad SMARTS) is 1. The molecule has 0 unspecified atom stereocenters. The molecule has 0 spiro atoms. The Hall–Kier alpha value is -2.24. The molecule has 0 fully saturated rings. The number of ether oxygens (including phenoxy) is 1. The number of carbonyl (C=O) groups excluding carboxylic acids is 1. The van der Waals surface area contributed by atoms with Crippen molar-refractivity contribution in [3.63, 3.8) is 0 Å². The van der Waals surface area contributed by atoms with E-state index in [1.807, 2.05) is 0 Å². The average molecular weight is 436 g/mol. The number of benzene rings is 1. The predicted octanol–water partition coefficient (Wildman–Crippen LogP) is 7.51. The minimum atomic E-state index is -1.31. The number of aromatic carboxylic acids is 1. The average Bonchev–Trinajstić information content (AvgIpc) is 2.73. The molecule has 0 heterocycles. The summed E-state index contributed by atoms with van der Waals surface area (Å²) in [5.74, 6) is -1.71. The Bertz CT molecular complexity index is 632. The number of hydrogen-bond acceptors (Lipinski definition) is 4. The van der Waals surface area contributed by atoms with Crippen LogP contribution in [0.4, 0.5) is 10.5 Å². The summed E-state index contributed by atoms with van der Waals surface area (Å²) in [6.45, 7) is 2.55. The van der Waals surface area contributed by atoms with Gasteiger partial charge in [0.05, 0.1) is 12.3 Å². The molecule has 6 heteroatoms. The maximum Gasteiger partial charge on any atom is 0.411 e. The van der Waals surface area contributed by atoms with Crippen LogP contribution >= 0.6 is 0 Å². The Morgan fingerprint density at radius 3 is 1.77 bits per heavy atom. The van der Waals surface area contributed by atoms with Crippen molar-refractivity contribution in [1.82, 2.24) is 0 Å². The van der Waals surface area contributed by atoms with Crippen LogP contribution in [0.3, 0.4) is 0 Å². The lowest BCUT2D eigenvalue weighted by molar-refractivity contribution is 0.0695. The highest BCUT2D eigenvalue weighted by Gasteiger charge is 2.17. The van der Waals surface area contributed by atoms with Gasteiger partial charge >= 0.3 is 12.1 Å². The number of amides is 1. The zero-order valence-corrected chi connectivity index (χ0v) is 19.2. The van der Waals surface area contributed by atoms with Crippen LogP contribution in [0.25, 0.3) is 0 Å². The van der Waals surface area contributed by atoms with Crippen LogP contribution in [0.5, 0.6) is 5.75 Å². The van der Waals surface area contributed by atoms with Gasteiger partial charge in [-0.15, -0.1) is 0 Å². The Morgan fingerprint density at radius 1 is 0.806 bits per heavy atom. The topological polar surface area (TPSA) is 95.9 Å². The van der Waals surface area contributed by atoms with Crippen molar-refractivity contribution in [1.29, 1.82) is 0 Å². The van der Waals surface area contributed by atoms with Crippen LogP contribution in [0.1, 0.15) is 114 Å². The van der Waals surface area contributed by atoms with E-state index in [0.29, 0.717) is 6.61 Å². The smallest absolute Gasteiger partial charge is 0.411 e. The van der Waals surface area contributed by atoms with E-state index in [2.05, 4.69) is 12.2 Å². The quantitative estimate of drug-likeness (QED) is 0.207. The molecular weight excluding hydrogens is 394 g/mol. The maximum absolute atomic E-state index is 11.8. The number of aromatic hydroxyl groups is 1. The van der Waals surface area contributed by atoms with Crippen LogP contribution in [-0.4, -0.2) is 28.9 Å². The van der Waals surface area contributed by atoms with E-state index in [-0.39, 0.29) is 11.3 Å². The molecule has 0 aliphatic heterocycles. The first kappa shape index (κ1) is 26.8. The van der Waals surface area contributed by atoms with Gasteiger partial charge in [-0.1, -0.05) is 103 Å². The van der Waals surface area contributed by atoms with E-state index < -0.39 is 17.8 Å². The molecule has 0 aliphatic carbocycles. The summed E-state index contributed by atoms with van der Waals surface area (Å²) >= 11 is 0. The number of unbranched alkanes of at least 4 members (excludes halogenated alkanes) is 14. The number of hydrogen-bond donors (Lipinski definition) is 3. The van der Waals surface area contributed by atoms with E-state index in [1.54, 1.807) is 0 Å². The molecule has 1 rings (SSSR count). The Kier molecular flexibility index (Phi) is 15.1. The molecule has 3 N–H and O–H groups in total. The van der Waals surface area contributed by atoms with E-state index in [4.69, 9.17) is 9.84 Å². The van der Waals surface area contributed by atoms with Gasteiger partial charge in [0.2, 0.25) is 0 Å². The number of rotatable bonds is 18. The number of carbonyl (C=O) groups is 2. The van der Waals surface area contributed by atoms with Gasteiger partial charge in [0.15, 0.2) is 0 Å². The highest BCUT2D eigenvalue weighted by molar-refractivity contribution is 6.01. The second kappa shape index (κ2) is 17.4. The van der Waals surface area contributed by atoms with Crippen molar-refractivity contribution >= 4 is 17.7 Å². The van der Waals surface area contributed by atoms with E-state index in [0.717, 1.165) is 19.3 Å². The zero-order valence-electron chi connectivity index (χ0n) is 19.2.